The van der Waals surface area contributed by atoms with Crippen LogP contribution in [-0.4, -0.2) is 27.3 Å². The van der Waals surface area contributed by atoms with Crippen LogP contribution in [0.5, 0.6) is 11.5 Å². The minimum absolute atomic E-state index is 0.0332. The van der Waals surface area contributed by atoms with Gasteiger partial charge < -0.3 is 20.1 Å². The van der Waals surface area contributed by atoms with E-state index in [-0.39, 0.29) is 39.3 Å². The Morgan fingerprint density at radius 1 is 0.806 bits per heavy atom. The van der Waals surface area contributed by atoms with Gasteiger partial charge in [0.15, 0.2) is 5.60 Å². The van der Waals surface area contributed by atoms with Crippen molar-refractivity contribution < 1.29 is 29.6 Å². The number of rotatable bonds is 3. The fraction of sp³-hybridized carbons (Fsp3) is 0.200. The van der Waals surface area contributed by atoms with Crippen LogP contribution in [-0.2, 0) is 10.3 Å². The number of ether oxygens (including phenoxy) is 1. The lowest BCUT2D eigenvalue weighted by Crippen LogP contribution is -2.30. The smallest absolute Gasteiger partial charge is 0.340 e. The lowest BCUT2D eigenvalue weighted by Gasteiger charge is -2.33. The molecule has 6 heteroatoms. The van der Waals surface area contributed by atoms with Crippen molar-refractivity contribution in [2.45, 2.75) is 33.3 Å². The van der Waals surface area contributed by atoms with Gasteiger partial charge in [0.25, 0.3) is 0 Å². The summed E-state index contributed by atoms with van der Waals surface area (Å²) in [4.78, 5) is 24.6. The molecule has 0 fully saturated rings. The Kier molecular flexibility index (Phi) is 4.54. The van der Waals surface area contributed by atoms with Crippen molar-refractivity contribution in [3.63, 3.8) is 0 Å². The van der Waals surface area contributed by atoms with Crippen LogP contribution in [0.15, 0.2) is 42.5 Å². The number of aromatic hydroxyl groups is 2. The number of cyclic esters (lactones) is 1. The topological polar surface area (TPSA) is 104 Å². The van der Waals surface area contributed by atoms with Crippen molar-refractivity contribution in [2.24, 2.45) is 0 Å². The molecular weight excluding hydrogens is 396 g/mol. The minimum Gasteiger partial charge on any atom is -0.507 e. The molecular formula is C25H22O6. The van der Waals surface area contributed by atoms with Crippen LogP contribution < -0.4 is 0 Å². The van der Waals surface area contributed by atoms with Crippen LogP contribution in [0.2, 0.25) is 0 Å². The van der Waals surface area contributed by atoms with Crippen molar-refractivity contribution in [1.29, 1.82) is 0 Å². The molecule has 0 radical (unpaired) electrons. The molecule has 4 rings (SSSR count). The second-order valence-electron chi connectivity index (χ2n) is 8.09. The lowest BCUT2D eigenvalue weighted by molar-refractivity contribution is 0.0238. The monoisotopic (exact) mass is 418 g/mol. The normalized spacial score (nSPS) is 14.3. The van der Waals surface area contributed by atoms with Gasteiger partial charge in [-0.05, 0) is 69.2 Å². The van der Waals surface area contributed by atoms with Crippen molar-refractivity contribution in [2.75, 3.05) is 0 Å². The predicted octanol–water partition coefficient (Wildman–Crippen LogP) is 4.49. The Morgan fingerprint density at radius 2 is 1.32 bits per heavy atom. The van der Waals surface area contributed by atoms with Crippen LogP contribution >= 0.6 is 0 Å². The number of fused-ring (bicyclic) bond motifs is 1. The van der Waals surface area contributed by atoms with E-state index >= 15 is 0 Å². The zero-order valence-corrected chi connectivity index (χ0v) is 17.6. The molecule has 3 aromatic carbocycles. The van der Waals surface area contributed by atoms with Gasteiger partial charge in [-0.1, -0.05) is 23.3 Å². The van der Waals surface area contributed by atoms with Crippen molar-refractivity contribution in [1.82, 2.24) is 0 Å². The molecule has 3 aromatic rings. The number of phenols is 2. The molecule has 1 aliphatic rings. The third-order valence-corrected chi connectivity index (χ3v) is 5.76. The average Bonchev–Trinajstić information content (AvgIpc) is 3.00. The van der Waals surface area contributed by atoms with E-state index in [1.54, 1.807) is 38.1 Å². The van der Waals surface area contributed by atoms with Crippen molar-refractivity contribution in [3.05, 3.63) is 92.5 Å². The molecule has 3 N–H and O–H groups in total. The van der Waals surface area contributed by atoms with Crippen LogP contribution in [0.3, 0.4) is 0 Å². The van der Waals surface area contributed by atoms with Crippen LogP contribution in [0, 0.1) is 27.7 Å². The highest BCUT2D eigenvalue weighted by molar-refractivity contribution is 5.99. The average molecular weight is 418 g/mol. The molecule has 0 atom stereocenters. The maximum atomic E-state index is 12.9. The summed E-state index contributed by atoms with van der Waals surface area (Å²) in [5.74, 6) is -2.01. The summed E-state index contributed by atoms with van der Waals surface area (Å²) in [5, 5.41) is 31.6. The molecule has 1 heterocycles. The second-order valence-corrected chi connectivity index (χ2v) is 8.09. The number of carbonyl (C=O) groups is 2. The number of hydrogen-bond donors (Lipinski definition) is 3. The summed E-state index contributed by atoms with van der Waals surface area (Å²) in [6, 6.07) is 11.1. The third kappa shape index (κ3) is 2.94. The molecule has 0 saturated heterocycles. The largest absolute Gasteiger partial charge is 0.507 e. The first-order chi connectivity index (χ1) is 14.6. The van der Waals surface area contributed by atoms with Crippen molar-refractivity contribution >= 4 is 11.9 Å². The number of phenolic OH excluding ortho intramolecular Hbond substituents is 2. The summed E-state index contributed by atoms with van der Waals surface area (Å²) in [5.41, 5.74) is 1.99. The SMILES string of the molecule is Cc1cc(C)c(O)c(C2(c3cc(C)cc(C)c3O)OC(=O)c3ccc(C(=O)O)cc32)c1. The molecule has 0 spiro atoms. The van der Waals surface area contributed by atoms with Crippen LogP contribution in [0.1, 0.15) is 59.7 Å². The standard InChI is InChI=1S/C25H22O6/c1-12-7-14(3)21(26)19(9-12)25(20-10-13(2)8-15(4)22(20)27)18-11-16(23(28)29)5-6-17(18)24(30)31-25/h5-11,26-27H,1-4H3,(H,28,29). The fourth-order valence-electron chi connectivity index (χ4n) is 4.40. The summed E-state index contributed by atoms with van der Waals surface area (Å²) < 4.78 is 5.96. The molecule has 0 bridgehead atoms. The zero-order chi connectivity index (χ0) is 22.7. The summed E-state index contributed by atoms with van der Waals surface area (Å²) in [6.45, 7) is 7.14. The Labute approximate surface area is 179 Å². The van der Waals surface area contributed by atoms with E-state index in [1.165, 1.54) is 18.2 Å². The molecule has 0 aromatic heterocycles. The number of aromatic carboxylic acids is 1. The first kappa shape index (κ1) is 20.5. The summed E-state index contributed by atoms with van der Waals surface area (Å²) >= 11 is 0. The zero-order valence-electron chi connectivity index (χ0n) is 17.6. The number of benzene rings is 3. The van der Waals surface area contributed by atoms with E-state index in [2.05, 4.69) is 0 Å². The van der Waals surface area contributed by atoms with Crippen LogP contribution in [0.4, 0.5) is 0 Å². The quantitative estimate of drug-likeness (QED) is 0.542. The van der Waals surface area contributed by atoms with Gasteiger partial charge in [0.2, 0.25) is 0 Å². The molecule has 0 saturated carbocycles. The van der Waals surface area contributed by atoms with E-state index in [9.17, 15) is 24.9 Å². The third-order valence-electron chi connectivity index (χ3n) is 5.76. The van der Waals surface area contributed by atoms with Gasteiger partial charge >= 0.3 is 11.9 Å². The van der Waals surface area contributed by atoms with Gasteiger partial charge in [-0.15, -0.1) is 0 Å². The van der Waals surface area contributed by atoms with E-state index in [0.29, 0.717) is 11.1 Å². The van der Waals surface area contributed by atoms with Gasteiger partial charge in [0.1, 0.15) is 11.5 Å². The molecule has 1 aliphatic heterocycles. The van der Waals surface area contributed by atoms with Crippen molar-refractivity contribution in [3.8, 4) is 11.5 Å². The van der Waals surface area contributed by atoms with E-state index in [4.69, 9.17) is 4.74 Å². The van der Waals surface area contributed by atoms with E-state index in [0.717, 1.165) is 11.1 Å². The number of aryl methyl sites for hydroxylation is 4. The molecule has 31 heavy (non-hydrogen) atoms. The molecule has 6 nitrogen and oxygen atoms in total. The highest BCUT2D eigenvalue weighted by Crippen LogP contribution is 2.53. The number of esters is 1. The van der Waals surface area contributed by atoms with Gasteiger partial charge in [-0.3, -0.25) is 0 Å². The van der Waals surface area contributed by atoms with E-state index < -0.39 is 17.5 Å². The van der Waals surface area contributed by atoms with E-state index in [1.807, 2.05) is 13.8 Å². The Bertz CT molecular complexity index is 1210. The highest BCUT2D eigenvalue weighted by atomic mass is 16.6. The Balaban J connectivity index is 2.21. The number of carbonyl (C=O) groups excluding carboxylic acids is 1. The molecule has 0 aliphatic carbocycles. The number of carboxylic acids is 1. The van der Waals surface area contributed by atoms with Gasteiger partial charge in [-0.2, -0.15) is 0 Å². The maximum absolute atomic E-state index is 12.9. The molecule has 158 valence electrons. The second kappa shape index (κ2) is 6.87. The first-order valence-corrected chi connectivity index (χ1v) is 9.78. The van der Waals surface area contributed by atoms with Gasteiger partial charge in [0.05, 0.1) is 11.1 Å². The predicted molar refractivity (Wildman–Crippen MR) is 114 cm³/mol. The lowest BCUT2D eigenvalue weighted by atomic mass is 9.76. The maximum Gasteiger partial charge on any atom is 0.340 e. The number of hydrogen-bond acceptors (Lipinski definition) is 5. The molecule has 0 unspecified atom stereocenters. The van der Waals surface area contributed by atoms with Gasteiger partial charge in [0, 0.05) is 16.7 Å². The highest BCUT2D eigenvalue weighted by Gasteiger charge is 2.52. The van der Waals surface area contributed by atoms with Gasteiger partial charge in [-0.25, -0.2) is 9.59 Å². The number of carboxylic acid groups (broad SMARTS) is 1. The Morgan fingerprint density at radius 3 is 1.81 bits per heavy atom. The Hall–Kier alpha value is -3.80. The minimum atomic E-state index is -1.71. The first-order valence-electron chi connectivity index (χ1n) is 9.78. The van der Waals surface area contributed by atoms with Crippen LogP contribution in [0.25, 0.3) is 0 Å². The fourth-order valence-corrected chi connectivity index (χ4v) is 4.40. The summed E-state index contributed by atoms with van der Waals surface area (Å²) in [6.07, 6.45) is 0. The molecule has 0 amide bonds. The summed E-state index contributed by atoms with van der Waals surface area (Å²) in [7, 11) is 0.